The number of hydrogen-bond donors (Lipinski definition) is 3. The highest BCUT2D eigenvalue weighted by Gasteiger charge is 2.64. The Bertz CT molecular complexity index is 4370. The monoisotopic (exact) mass is 1570 g/mol. The number of nitrogens with one attached hydrogen (secondary N) is 2. The van der Waals surface area contributed by atoms with Crippen molar-refractivity contribution in [3.8, 4) is 11.5 Å². The first-order valence-corrected chi connectivity index (χ1v) is 39.5. The van der Waals surface area contributed by atoms with Gasteiger partial charge in [0.2, 0.25) is 17.7 Å². The summed E-state index contributed by atoms with van der Waals surface area (Å²) < 4.78 is 38.1. The van der Waals surface area contributed by atoms with Crippen LogP contribution < -0.4 is 25.0 Å². The summed E-state index contributed by atoms with van der Waals surface area (Å²) in [7, 11) is 7.83. The van der Waals surface area contributed by atoms with Gasteiger partial charge < -0.3 is 53.5 Å². The number of ether oxygens (including phenoxy) is 6. The minimum Gasteiger partial charge on any atom is -0.495 e. The number of aliphatic hydroxyl groups is 1. The van der Waals surface area contributed by atoms with Gasteiger partial charge in [-0.1, -0.05) is 101 Å². The van der Waals surface area contributed by atoms with Gasteiger partial charge in [-0.3, -0.25) is 54.2 Å². The first kappa shape index (κ1) is 82.1. The van der Waals surface area contributed by atoms with E-state index in [4.69, 9.17) is 40.0 Å². The van der Waals surface area contributed by atoms with Crippen LogP contribution >= 0.6 is 33.2 Å². The molecule has 27 nitrogen and oxygen atoms in total. The van der Waals surface area contributed by atoms with E-state index in [0.29, 0.717) is 87.8 Å². The number of unbranched alkanes of at least 4 members (excludes halogenated alkanes) is 1. The summed E-state index contributed by atoms with van der Waals surface area (Å²) in [4.78, 5) is 112. The first-order valence-electron chi connectivity index (χ1n) is 36.8. The number of anilines is 1. The van der Waals surface area contributed by atoms with Crippen LogP contribution in [0.3, 0.4) is 0 Å². The highest BCUT2D eigenvalue weighted by Crippen LogP contribution is 2.49. The Morgan fingerprint density at radius 2 is 1.43 bits per heavy atom. The van der Waals surface area contributed by atoms with Crippen molar-refractivity contribution >= 4 is 84.9 Å². The molecule has 0 aliphatic carbocycles. The van der Waals surface area contributed by atoms with Gasteiger partial charge in [0.15, 0.2) is 5.72 Å². The van der Waals surface area contributed by atoms with Crippen molar-refractivity contribution in [2.75, 3.05) is 58.7 Å². The van der Waals surface area contributed by atoms with Crippen LogP contribution in [0.4, 0.5) is 15.3 Å². The molecule has 0 radical (unpaired) electrons. The number of fused-ring (bicyclic) bond motifs is 6. The number of amides is 5. The van der Waals surface area contributed by atoms with Gasteiger partial charge in [0.25, 0.3) is 5.24 Å². The second kappa shape index (κ2) is 38.9. The van der Waals surface area contributed by atoms with Crippen molar-refractivity contribution in [2.24, 2.45) is 5.92 Å². The number of alkyl carbamates (subject to hydrolysis) is 1. The van der Waals surface area contributed by atoms with Gasteiger partial charge in [0.1, 0.15) is 58.7 Å². The number of halogens is 1. The molecular weight excluding hydrogens is 1480 g/mol. The molecule has 8 heterocycles. The van der Waals surface area contributed by atoms with Crippen molar-refractivity contribution in [1.82, 2.24) is 65.2 Å². The van der Waals surface area contributed by atoms with Crippen molar-refractivity contribution in [3.05, 3.63) is 220 Å². The quantitative estimate of drug-likeness (QED) is 0.0157. The van der Waals surface area contributed by atoms with Gasteiger partial charge in [-0.25, -0.2) is 14.3 Å². The van der Waals surface area contributed by atoms with Crippen LogP contribution in [0.5, 0.6) is 11.5 Å². The zero-order chi connectivity index (χ0) is 78.6. The average molecular weight is 1570 g/mol. The lowest BCUT2D eigenvalue weighted by Gasteiger charge is -2.42. The number of carbonyl (C=O) groups is 6. The molecular formula is C81H95ClN14O13S2. The van der Waals surface area contributed by atoms with Gasteiger partial charge in [-0.2, -0.15) is 0 Å². The van der Waals surface area contributed by atoms with Crippen LogP contribution in [0, 0.1) is 5.92 Å². The lowest BCUT2D eigenvalue weighted by atomic mass is 9.83. The van der Waals surface area contributed by atoms with Crippen molar-refractivity contribution in [1.29, 1.82) is 0 Å². The number of hydrogen-bond acceptors (Lipinski definition) is 23. The van der Waals surface area contributed by atoms with Crippen LogP contribution in [0.2, 0.25) is 5.02 Å². The summed E-state index contributed by atoms with van der Waals surface area (Å²) in [6.07, 6.45) is 8.35. The summed E-state index contributed by atoms with van der Waals surface area (Å²) in [5.74, 6) is -1.57. The molecule has 3 unspecified atom stereocenters. The Morgan fingerprint density at radius 1 is 0.820 bits per heavy atom. The fraction of sp³-hybridized carbons (Fsp3) is 0.407. The van der Waals surface area contributed by atoms with Crippen molar-refractivity contribution in [2.45, 2.75) is 154 Å². The van der Waals surface area contributed by atoms with Crippen LogP contribution in [0.1, 0.15) is 99.3 Å². The Labute approximate surface area is 659 Å². The van der Waals surface area contributed by atoms with E-state index < -0.39 is 83.2 Å². The number of rotatable bonds is 31. The van der Waals surface area contributed by atoms with Gasteiger partial charge in [-0.05, 0) is 142 Å². The molecule has 11 rings (SSSR count). The summed E-state index contributed by atoms with van der Waals surface area (Å²) in [5, 5.41) is 25.5. The van der Waals surface area contributed by atoms with E-state index in [0.717, 1.165) is 72.1 Å². The SMILES string of the molecule is COc1cc2cc(c1Cl)N(C)C(=O)CC(OC(=O)[C@H](C)N(C)C(=O)SSCCC(=O)N(CCCCOc1cc(CN(Cc3ccccn3)Cc3ccccn3)cc(CN(Cc3ccccn3)Cc3ccccn3)c1)CC(=O)NCn1nnc3ccccc31)[C@@]1(C)O[C@H]1C(C)[C@@H]1C[C@@](O)(NC(=O)O1)C(OC)/C=C/C=C(\C)C2. The summed E-state index contributed by atoms with van der Waals surface area (Å²) in [6, 6.07) is 39.7. The smallest absolute Gasteiger partial charge is 0.409 e. The van der Waals surface area contributed by atoms with Gasteiger partial charge >= 0.3 is 12.1 Å². The lowest BCUT2D eigenvalue weighted by Crippen LogP contribution is -2.63. The van der Waals surface area contributed by atoms with Gasteiger partial charge in [0, 0.05) is 127 Å². The minimum absolute atomic E-state index is 0.0111. The predicted molar refractivity (Wildman–Crippen MR) is 422 cm³/mol. The molecule has 8 atom stereocenters. The number of methoxy groups -OCH3 is 2. The molecule has 2 saturated heterocycles. The molecule has 3 aliphatic rings. The Kier molecular flexibility index (Phi) is 28.8. The van der Waals surface area contributed by atoms with E-state index in [1.807, 2.05) is 110 Å². The second-order valence-corrected chi connectivity index (χ2v) is 30.9. The summed E-state index contributed by atoms with van der Waals surface area (Å²) in [5.41, 5.74) is 5.83. The number of epoxide rings is 1. The Hall–Kier alpha value is -9.85. The van der Waals surface area contributed by atoms with Crippen molar-refractivity contribution in [3.63, 3.8) is 0 Å². The number of aromatic nitrogens is 7. The third-order valence-corrected chi connectivity index (χ3v) is 22.4. The van der Waals surface area contributed by atoms with Crippen LogP contribution in [0.25, 0.3) is 11.0 Å². The fourth-order valence-electron chi connectivity index (χ4n) is 13.6. The number of carbonyl (C=O) groups excluding carboxylic acids is 6. The third-order valence-electron chi connectivity index (χ3n) is 19.9. The van der Waals surface area contributed by atoms with Crippen LogP contribution in [-0.4, -0.2) is 190 Å². The normalized spacial score (nSPS) is 20.9. The Balaban J connectivity index is 0.750. The maximum absolute atomic E-state index is 14.6. The van der Waals surface area contributed by atoms with E-state index in [2.05, 4.69) is 68.9 Å². The molecule has 3 N–H and O–H groups in total. The van der Waals surface area contributed by atoms with Crippen LogP contribution in [0.15, 0.2) is 176 Å². The minimum atomic E-state index is -1.91. The molecule has 3 aliphatic heterocycles. The molecule has 5 aromatic heterocycles. The van der Waals surface area contributed by atoms with Gasteiger partial charge in [0.05, 0.1) is 66.8 Å². The number of allylic oxidation sites excluding steroid dienone is 3. The number of pyridine rings is 4. The van der Waals surface area contributed by atoms with E-state index in [9.17, 15) is 33.9 Å². The molecule has 8 aromatic rings. The van der Waals surface area contributed by atoms with Gasteiger partial charge in [-0.15, -0.1) is 5.10 Å². The van der Waals surface area contributed by atoms with Crippen molar-refractivity contribution < 1.29 is 62.3 Å². The maximum atomic E-state index is 14.6. The van der Waals surface area contributed by atoms with E-state index in [1.165, 1.54) is 42.9 Å². The number of likely N-dealkylation sites (N-methyl/N-ethyl adjacent to an activating group) is 1. The number of para-hydroxylation sites is 1. The van der Waals surface area contributed by atoms with E-state index in [1.54, 1.807) is 74.6 Å². The molecule has 0 spiro atoms. The second-order valence-electron chi connectivity index (χ2n) is 28.2. The number of nitrogens with zero attached hydrogens (tertiary/aromatic N) is 12. The highest BCUT2D eigenvalue weighted by molar-refractivity contribution is 8.82. The lowest BCUT2D eigenvalue weighted by molar-refractivity contribution is -0.158. The zero-order valence-electron chi connectivity index (χ0n) is 63.6. The molecule has 111 heavy (non-hydrogen) atoms. The number of esters is 1. The first-order chi connectivity index (χ1) is 53.5. The largest absolute Gasteiger partial charge is 0.495 e. The molecule has 586 valence electrons. The molecule has 3 aromatic carbocycles. The molecule has 0 saturated carbocycles. The zero-order valence-corrected chi connectivity index (χ0v) is 65.9. The topological polar surface area (TPSA) is 304 Å². The third kappa shape index (κ3) is 22.5. The van der Waals surface area contributed by atoms with Crippen LogP contribution in [-0.2, 0) is 90.5 Å². The van der Waals surface area contributed by atoms with E-state index in [-0.39, 0.29) is 49.3 Å². The standard InChI is InChI=1S/C81H95ClN14O13S2/c1-54-22-21-29-70(105-8)81(103)45-69(107-78(101)88-81)55(2)76-80(4,109-76)71(44-74(99)92(6)67-42-57(38-54)43-68(104-7)75(67)82)108-77(100)56(3)91(5)79(102)111-110-37-30-73(98)95(52-72(97)87-53-96-66-28-10-9-27-65(66)89-90-96)35-19-20-36-106-64-40-58(46-93(48-60-23-11-15-31-83-60)49-61-24-12-16-32-84-61)39-59(41-64)47-94(50-62-25-13-17-33-85-62)51-63-26-14-18-34-86-63/h9-18,21-29,31-34,39-43,55-56,69-71,76,103H,19-20,30,35-38,44-53H2,1-8H3,(H,87,97)(H,88,101)/b29-21+,54-22+/t55?,56-,69-,70?,71?,76-,80+,81-/m0/s1. The number of benzene rings is 3. The molecule has 5 amide bonds. The summed E-state index contributed by atoms with van der Waals surface area (Å²) in [6.45, 7) is 10.5. The molecule has 30 heteroatoms. The molecule has 4 bridgehead atoms. The Morgan fingerprint density at radius 3 is 2.03 bits per heavy atom. The van der Waals surface area contributed by atoms with E-state index >= 15 is 0 Å². The maximum Gasteiger partial charge on any atom is 0.409 e. The fourth-order valence-corrected chi connectivity index (χ4v) is 15.8. The average Bonchev–Trinajstić information content (AvgIpc) is 1.57. The summed E-state index contributed by atoms with van der Waals surface area (Å²) >= 11 is 6.92. The molecule has 2 fully saturated rings. The highest BCUT2D eigenvalue weighted by atomic mass is 35.5. The predicted octanol–water partition coefficient (Wildman–Crippen LogP) is 11.1.